The van der Waals surface area contributed by atoms with Crippen molar-refractivity contribution in [3.63, 3.8) is 0 Å². The van der Waals surface area contributed by atoms with Crippen LogP contribution in [0.5, 0.6) is 0 Å². The summed E-state index contributed by atoms with van der Waals surface area (Å²) in [6, 6.07) is 13.3. The number of rotatable bonds is 8. The number of fused-ring (bicyclic) bond motifs is 2. The zero-order chi connectivity index (χ0) is 28.8. The number of ether oxygens (including phenoxy) is 1. The van der Waals surface area contributed by atoms with Crippen LogP contribution in [-0.2, 0) is 24.2 Å². The number of carbonyl (C=O) groups is 1. The molecule has 5 rings (SSSR count). The van der Waals surface area contributed by atoms with Crippen LogP contribution in [0.25, 0.3) is 22.3 Å². The molecule has 0 saturated heterocycles. The lowest BCUT2D eigenvalue weighted by Crippen LogP contribution is -2.22. The highest BCUT2D eigenvalue weighted by Gasteiger charge is 2.36. The van der Waals surface area contributed by atoms with Gasteiger partial charge < -0.3 is 19.5 Å². The van der Waals surface area contributed by atoms with E-state index in [9.17, 15) is 22.4 Å². The molecule has 40 heavy (non-hydrogen) atoms. The van der Waals surface area contributed by atoms with Crippen LogP contribution in [0, 0.1) is 5.82 Å². The molecule has 0 aliphatic carbocycles. The van der Waals surface area contributed by atoms with Gasteiger partial charge in [-0.2, -0.15) is 13.2 Å². The van der Waals surface area contributed by atoms with Crippen molar-refractivity contribution in [2.24, 2.45) is 0 Å². The minimum atomic E-state index is -4.69. The molecule has 6 nitrogen and oxygen atoms in total. The van der Waals surface area contributed by atoms with Crippen LogP contribution in [0.1, 0.15) is 21.5 Å². The third-order valence-corrected chi connectivity index (χ3v) is 8.70. The zero-order valence-electron chi connectivity index (χ0n) is 22.7. The highest BCUT2D eigenvalue weighted by molar-refractivity contribution is 6.76. The molecule has 0 bridgehead atoms. The summed E-state index contributed by atoms with van der Waals surface area (Å²) in [5, 5.41) is 3.24. The lowest BCUT2D eigenvalue weighted by atomic mass is 10.1. The van der Waals surface area contributed by atoms with Crippen molar-refractivity contribution in [2.75, 3.05) is 19.0 Å². The predicted octanol–water partition coefficient (Wildman–Crippen LogP) is 7.50. The quantitative estimate of drug-likeness (QED) is 0.135. The number of anilines is 2. The number of alkyl halides is 3. The van der Waals surface area contributed by atoms with Gasteiger partial charge in [0.1, 0.15) is 18.2 Å². The molecular formula is C29H30F4N4O2Si. The monoisotopic (exact) mass is 570 g/mol. The topological polar surface area (TPSA) is 59.4 Å². The summed E-state index contributed by atoms with van der Waals surface area (Å²) in [5.74, 6) is -0.607. The maximum atomic E-state index is 14.3. The maximum absolute atomic E-state index is 14.3. The minimum absolute atomic E-state index is 0.0680. The van der Waals surface area contributed by atoms with Crippen molar-refractivity contribution in [2.45, 2.75) is 45.1 Å². The number of aromatic nitrogens is 2. The van der Waals surface area contributed by atoms with E-state index in [1.807, 2.05) is 0 Å². The average Bonchev–Trinajstić information content (AvgIpc) is 3.39. The Morgan fingerprint density at radius 3 is 2.50 bits per heavy atom. The van der Waals surface area contributed by atoms with E-state index >= 15 is 0 Å². The van der Waals surface area contributed by atoms with Crippen molar-refractivity contribution >= 4 is 36.4 Å². The SMILES string of the molecule is CN1Cc2c(Nc3c(C(F)(F)F)cnc4c3cc(-c3ccc(F)cc3)n4COCC[Si](C)(C)C)cccc2C1=O. The molecule has 0 unspecified atom stereocenters. The van der Waals surface area contributed by atoms with Crippen molar-refractivity contribution in [1.82, 2.24) is 14.5 Å². The van der Waals surface area contributed by atoms with Crippen molar-refractivity contribution in [3.8, 4) is 11.3 Å². The molecule has 2 aromatic heterocycles. The fraction of sp³-hybridized carbons (Fsp3) is 0.310. The largest absolute Gasteiger partial charge is 0.419 e. The predicted molar refractivity (Wildman–Crippen MR) is 150 cm³/mol. The number of nitrogens with one attached hydrogen (secondary N) is 1. The molecular weight excluding hydrogens is 540 g/mol. The van der Waals surface area contributed by atoms with Gasteiger partial charge in [0.15, 0.2) is 0 Å². The first-order chi connectivity index (χ1) is 18.8. The van der Waals surface area contributed by atoms with Gasteiger partial charge >= 0.3 is 6.18 Å². The number of carbonyl (C=O) groups excluding carboxylic acids is 1. The molecule has 1 aliphatic heterocycles. The van der Waals surface area contributed by atoms with Gasteiger partial charge in [-0.15, -0.1) is 0 Å². The van der Waals surface area contributed by atoms with Gasteiger partial charge in [0.05, 0.1) is 16.9 Å². The summed E-state index contributed by atoms with van der Waals surface area (Å²) >= 11 is 0. The van der Waals surface area contributed by atoms with Gasteiger partial charge in [-0.1, -0.05) is 25.7 Å². The Morgan fingerprint density at radius 2 is 1.82 bits per heavy atom. The molecule has 0 atom stereocenters. The van der Waals surface area contributed by atoms with E-state index in [1.165, 1.54) is 17.0 Å². The highest BCUT2D eigenvalue weighted by Crippen LogP contribution is 2.43. The molecule has 4 aromatic rings. The summed E-state index contributed by atoms with van der Waals surface area (Å²) in [6.45, 7) is 7.54. The Bertz CT molecular complexity index is 1580. The Hall–Kier alpha value is -3.70. The normalized spacial score (nSPS) is 13.8. The van der Waals surface area contributed by atoms with Gasteiger partial charge in [-0.05, 0) is 54.1 Å². The molecule has 1 N–H and O–H groups in total. The first kappa shape index (κ1) is 27.8. The molecule has 210 valence electrons. The number of nitrogens with zero attached hydrogens (tertiary/aromatic N) is 3. The van der Waals surface area contributed by atoms with Gasteiger partial charge in [-0.25, -0.2) is 9.37 Å². The van der Waals surface area contributed by atoms with Crippen LogP contribution in [0.2, 0.25) is 25.7 Å². The molecule has 0 radical (unpaired) electrons. The standard InChI is InChI=1S/C29H30F4N4O2Si/c1-36-16-22-20(28(36)38)6-5-7-24(22)35-26-21-14-25(18-8-10-19(30)11-9-18)37(17-39-12-13-40(2,3)4)27(21)34-15-23(26)29(31,32)33/h5-11,14-15H,12-13,16-17H2,1-4H3,(H,34,35). The second kappa shape index (κ2) is 10.4. The van der Waals surface area contributed by atoms with E-state index in [0.29, 0.717) is 40.3 Å². The van der Waals surface area contributed by atoms with Crippen LogP contribution >= 0.6 is 0 Å². The van der Waals surface area contributed by atoms with E-state index in [2.05, 4.69) is 29.9 Å². The lowest BCUT2D eigenvalue weighted by Gasteiger charge is -2.18. The maximum Gasteiger partial charge on any atom is 0.419 e. The van der Waals surface area contributed by atoms with Crippen LogP contribution in [0.15, 0.2) is 54.7 Å². The number of pyridine rings is 1. The van der Waals surface area contributed by atoms with E-state index in [1.54, 1.807) is 48.0 Å². The molecule has 0 saturated carbocycles. The van der Waals surface area contributed by atoms with E-state index in [0.717, 1.165) is 12.2 Å². The lowest BCUT2D eigenvalue weighted by molar-refractivity contribution is -0.137. The van der Waals surface area contributed by atoms with Crippen molar-refractivity contribution < 1.29 is 27.1 Å². The number of benzene rings is 2. The Labute approximate surface area is 230 Å². The smallest absolute Gasteiger partial charge is 0.361 e. The van der Waals surface area contributed by atoms with Gasteiger partial charge in [0.25, 0.3) is 5.91 Å². The number of halogens is 4. The first-order valence-electron chi connectivity index (χ1n) is 12.9. The Morgan fingerprint density at radius 1 is 1.10 bits per heavy atom. The molecule has 3 heterocycles. The molecule has 1 aliphatic rings. The van der Waals surface area contributed by atoms with Gasteiger partial charge in [-0.3, -0.25) is 4.79 Å². The first-order valence-corrected chi connectivity index (χ1v) is 16.6. The zero-order valence-corrected chi connectivity index (χ0v) is 23.7. The fourth-order valence-electron chi connectivity index (χ4n) is 4.80. The summed E-state index contributed by atoms with van der Waals surface area (Å²) in [4.78, 5) is 18.3. The third kappa shape index (κ3) is 5.48. The van der Waals surface area contributed by atoms with Crippen molar-refractivity contribution in [3.05, 3.63) is 77.2 Å². The second-order valence-electron chi connectivity index (χ2n) is 11.2. The third-order valence-electron chi connectivity index (χ3n) is 6.99. The minimum Gasteiger partial charge on any atom is -0.361 e. The Kier molecular flexibility index (Phi) is 7.21. The molecule has 1 amide bonds. The van der Waals surface area contributed by atoms with Gasteiger partial charge in [0, 0.05) is 56.7 Å². The molecule has 2 aromatic carbocycles. The van der Waals surface area contributed by atoms with Gasteiger partial charge in [0.2, 0.25) is 0 Å². The second-order valence-corrected chi connectivity index (χ2v) is 16.8. The summed E-state index contributed by atoms with van der Waals surface area (Å²) in [6.07, 6.45) is -3.88. The fourth-order valence-corrected chi connectivity index (χ4v) is 5.55. The molecule has 11 heteroatoms. The van der Waals surface area contributed by atoms with E-state index in [4.69, 9.17) is 4.74 Å². The van der Waals surface area contributed by atoms with Crippen LogP contribution in [0.3, 0.4) is 0 Å². The highest BCUT2D eigenvalue weighted by atomic mass is 28.3. The number of amides is 1. The summed E-state index contributed by atoms with van der Waals surface area (Å²) < 4.78 is 64.3. The summed E-state index contributed by atoms with van der Waals surface area (Å²) in [7, 11) is 0.278. The average molecular weight is 571 g/mol. The van der Waals surface area contributed by atoms with Crippen LogP contribution < -0.4 is 5.32 Å². The molecule has 0 spiro atoms. The summed E-state index contributed by atoms with van der Waals surface area (Å²) in [5.41, 5.74) is 1.84. The van der Waals surface area contributed by atoms with E-state index < -0.39 is 25.6 Å². The molecule has 0 fully saturated rings. The van der Waals surface area contributed by atoms with Crippen molar-refractivity contribution in [1.29, 1.82) is 0 Å². The Balaban J connectivity index is 1.66. The van der Waals surface area contributed by atoms with Crippen LogP contribution in [0.4, 0.5) is 28.9 Å². The number of hydrogen-bond acceptors (Lipinski definition) is 4. The number of hydrogen-bond donors (Lipinski definition) is 1. The van der Waals surface area contributed by atoms with E-state index in [-0.39, 0.29) is 30.3 Å². The van der Waals surface area contributed by atoms with Crippen LogP contribution in [-0.4, -0.2) is 42.1 Å².